The van der Waals surface area contributed by atoms with Crippen LogP contribution in [0.2, 0.25) is 0 Å². The van der Waals surface area contributed by atoms with Gasteiger partial charge in [0.1, 0.15) is 28.7 Å². The molecule has 0 atom stereocenters. The maximum Gasteiger partial charge on any atom is 0.163 e. The lowest BCUT2D eigenvalue weighted by molar-refractivity contribution is 0.122. The summed E-state index contributed by atoms with van der Waals surface area (Å²) < 4.78 is 44.3. The van der Waals surface area contributed by atoms with Gasteiger partial charge in [-0.25, -0.2) is 23.7 Å². The monoisotopic (exact) mass is 572 g/mol. The highest BCUT2D eigenvalue weighted by molar-refractivity contribution is 8.00. The average molecular weight is 573 g/mol. The van der Waals surface area contributed by atoms with Gasteiger partial charge in [-0.3, -0.25) is 0 Å². The van der Waals surface area contributed by atoms with Crippen LogP contribution in [0.3, 0.4) is 0 Å². The Balaban J connectivity index is 1.46. The molecular weight excluding hydrogens is 546 g/mol. The fourth-order valence-electron chi connectivity index (χ4n) is 4.65. The van der Waals surface area contributed by atoms with Gasteiger partial charge in [-0.1, -0.05) is 24.3 Å². The maximum atomic E-state index is 15.9. The lowest BCUT2D eigenvalue weighted by Gasteiger charge is -2.29. The van der Waals surface area contributed by atoms with Crippen molar-refractivity contribution in [3.05, 3.63) is 84.6 Å². The Hall–Kier alpha value is -4.48. The molecule has 1 saturated heterocycles. The molecule has 5 aromatic rings. The van der Waals surface area contributed by atoms with E-state index >= 15 is 4.39 Å². The second-order valence-electron chi connectivity index (χ2n) is 9.32. The molecule has 208 valence electrons. The normalized spacial score (nSPS) is 13.4. The highest BCUT2D eigenvalue weighted by Gasteiger charge is 2.22. The van der Waals surface area contributed by atoms with Crippen molar-refractivity contribution in [1.82, 2.24) is 15.0 Å². The van der Waals surface area contributed by atoms with E-state index in [2.05, 4.69) is 14.6 Å². The number of nitrogen functional groups attached to an aromatic ring is 1. The van der Waals surface area contributed by atoms with Gasteiger partial charge in [-0.15, -0.1) is 0 Å². The molecular formula is C30H26F2N6O2S. The molecule has 2 aromatic heterocycles. The summed E-state index contributed by atoms with van der Waals surface area (Å²) >= 11 is 1.01. The Kier molecular flexibility index (Phi) is 7.53. The molecule has 6 rings (SSSR count). The van der Waals surface area contributed by atoms with E-state index in [-0.39, 0.29) is 11.5 Å². The third kappa shape index (κ3) is 5.46. The van der Waals surface area contributed by atoms with Crippen LogP contribution in [0.5, 0.6) is 5.75 Å². The van der Waals surface area contributed by atoms with Crippen LogP contribution in [0.15, 0.2) is 77.8 Å². The first kappa shape index (κ1) is 26.7. The Morgan fingerprint density at radius 2 is 1.80 bits per heavy atom. The van der Waals surface area contributed by atoms with Crippen molar-refractivity contribution in [1.29, 1.82) is 0 Å². The highest BCUT2D eigenvalue weighted by atomic mass is 32.2. The molecule has 0 aliphatic carbocycles. The number of methoxy groups -OCH3 is 1. The topological polar surface area (TPSA) is 98.4 Å². The quantitative estimate of drug-likeness (QED) is 0.221. The SMILES string of the molecule is COc1cc(-c2cccc(NSc3ccccc3F)c2F)cc2c(N3CCOCC3)nc(-c3ccc(N)nc3)nc12. The molecule has 3 heterocycles. The number of fused-ring (bicyclic) bond motifs is 1. The number of pyridine rings is 1. The lowest BCUT2D eigenvalue weighted by Crippen LogP contribution is -2.37. The summed E-state index contributed by atoms with van der Waals surface area (Å²) in [7, 11) is 1.55. The number of ether oxygens (including phenoxy) is 2. The van der Waals surface area contributed by atoms with Crippen LogP contribution in [-0.2, 0) is 4.74 Å². The van der Waals surface area contributed by atoms with Crippen LogP contribution in [0.25, 0.3) is 33.4 Å². The molecule has 1 aliphatic rings. The summed E-state index contributed by atoms with van der Waals surface area (Å²) in [6, 6.07) is 18.5. The third-order valence-electron chi connectivity index (χ3n) is 6.74. The van der Waals surface area contributed by atoms with E-state index in [0.717, 1.165) is 11.9 Å². The first-order valence-electron chi connectivity index (χ1n) is 12.9. The zero-order valence-corrected chi connectivity index (χ0v) is 22.9. The molecule has 0 radical (unpaired) electrons. The first-order valence-corrected chi connectivity index (χ1v) is 13.7. The van der Waals surface area contributed by atoms with Gasteiger partial charge in [0.2, 0.25) is 0 Å². The number of halogens is 2. The molecule has 3 N–H and O–H groups in total. The summed E-state index contributed by atoms with van der Waals surface area (Å²) in [4.78, 5) is 16.4. The van der Waals surface area contributed by atoms with Gasteiger partial charge >= 0.3 is 0 Å². The summed E-state index contributed by atoms with van der Waals surface area (Å²) in [5.41, 5.74) is 8.25. The molecule has 3 aromatic carbocycles. The minimum Gasteiger partial charge on any atom is -0.494 e. The van der Waals surface area contributed by atoms with Crippen LogP contribution in [0.1, 0.15) is 0 Å². The molecule has 1 fully saturated rings. The minimum atomic E-state index is -0.476. The fourth-order valence-corrected chi connectivity index (χ4v) is 5.34. The zero-order valence-electron chi connectivity index (χ0n) is 22.1. The van der Waals surface area contributed by atoms with E-state index in [0.29, 0.717) is 82.0 Å². The molecule has 8 nitrogen and oxygen atoms in total. The van der Waals surface area contributed by atoms with Crippen molar-refractivity contribution in [2.75, 3.05) is 48.8 Å². The predicted molar refractivity (Wildman–Crippen MR) is 158 cm³/mol. The summed E-state index contributed by atoms with van der Waals surface area (Å²) in [6.07, 6.45) is 1.63. The molecule has 41 heavy (non-hydrogen) atoms. The Labute approximate surface area is 239 Å². The van der Waals surface area contributed by atoms with E-state index in [1.54, 1.807) is 61.8 Å². The van der Waals surface area contributed by atoms with Crippen LogP contribution < -0.4 is 20.1 Å². The van der Waals surface area contributed by atoms with Gasteiger partial charge in [-0.05, 0) is 60.0 Å². The average Bonchev–Trinajstić information content (AvgIpc) is 3.01. The molecule has 0 spiro atoms. The van der Waals surface area contributed by atoms with Crippen molar-refractivity contribution < 1.29 is 18.3 Å². The number of rotatable bonds is 7. The van der Waals surface area contributed by atoms with Gasteiger partial charge in [0.25, 0.3) is 0 Å². The smallest absolute Gasteiger partial charge is 0.163 e. The number of nitrogens with zero attached hydrogens (tertiary/aromatic N) is 4. The number of anilines is 3. The number of benzene rings is 3. The Bertz CT molecular complexity index is 1710. The number of morpholine rings is 1. The van der Waals surface area contributed by atoms with Gasteiger partial charge < -0.3 is 24.8 Å². The van der Waals surface area contributed by atoms with Gasteiger partial charge in [-0.2, -0.15) is 0 Å². The predicted octanol–water partition coefficient (Wildman–Crippen LogP) is 6.18. The first-order chi connectivity index (χ1) is 20.0. The maximum absolute atomic E-state index is 15.9. The largest absolute Gasteiger partial charge is 0.494 e. The Morgan fingerprint density at radius 3 is 2.56 bits per heavy atom. The van der Waals surface area contributed by atoms with E-state index in [4.69, 9.17) is 25.2 Å². The summed E-state index contributed by atoms with van der Waals surface area (Å²) in [5, 5.41) is 0.715. The van der Waals surface area contributed by atoms with E-state index in [9.17, 15) is 4.39 Å². The van der Waals surface area contributed by atoms with Crippen molar-refractivity contribution in [3.63, 3.8) is 0 Å². The van der Waals surface area contributed by atoms with Crippen LogP contribution in [0.4, 0.5) is 26.1 Å². The number of nitrogens with one attached hydrogen (secondary N) is 1. The van der Waals surface area contributed by atoms with Crippen molar-refractivity contribution in [2.45, 2.75) is 4.90 Å². The van der Waals surface area contributed by atoms with E-state index in [1.807, 2.05) is 12.1 Å². The van der Waals surface area contributed by atoms with Gasteiger partial charge in [0.15, 0.2) is 11.6 Å². The fraction of sp³-hybridized carbons (Fsp3) is 0.167. The van der Waals surface area contributed by atoms with Crippen LogP contribution >= 0.6 is 11.9 Å². The molecule has 0 bridgehead atoms. The second kappa shape index (κ2) is 11.6. The molecule has 0 amide bonds. The number of aromatic nitrogens is 3. The Morgan fingerprint density at radius 1 is 0.976 bits per heavy atom. The summed E-state index contributed by atoms with van der Waals surface area (Å²) in [6.45, 7) is 2.39. The molecule has 1 aliphatic heterocycles. The van der Waals surface area contributed by atoms with Crippen molar-refractivity contribution in [2.24, 2.45) is 0 Å². The van der Waals surface area contributed by atoms with Crippen molar-refractivity contribution >= 4 is 40.2 Å². The second-order valence-corrected chi connectivity index (χ2v) is 10.2. The summed E-state index contributed by atoms with van der Waals surface area (Å²) in [5.74, 6) is 1.17. The zero-order chi connectivity index (χ0) is 28.3. The molecule has 0 saturated carbocycles. The van der Waals surface area contributed by atoms with Gasteiger partial charge in [0, 0.05) is 35.8 Å². The number of hydrogen-bond donors (Lipinski definition) is 2. The number of nitrogens with two attached hydrogens (primary N) is 1. The van der Waals surface area contributed by atoms with Crippen molar-refractivity contribution in [3.8, 4) is 28.3 Å². The lowest BCUT2D eigenvalue weighted by atomic mass is 10.0. The minimum absolute atomic E-state index is 0.227. The third-order valence-corrected chi connectivity index (χ3v) is 7.61. The highest BCUT2D eigenvalue weighted by Crippen LogP contribution is 2.39. The molecule has 11 heteroatoms. The number of hydrogen-bond acceptors (Lipinski definition) is 9. The van der Waals surface area contributed by atoms with Crippen LogP contribution in [0, 0.1) is 11.6 Å². The molecule has 0 unspecified atom stereocenters. The standard InChI is InChI=1S/C30H26F2N6O2S/c1-39-24-16-19(20-5-4-7-23(27(20)32)37-41-25-8-3-2-6-22(25)31)15-21-28(24)35-29(18-9-10-26(33)34-17-18)36-30(21)38-11-13-40-14-12-38/h2-10,15-17,37H,11-14H2,1H3,(H2,33,34). The van der Waals surface area contributed by atoms with E-state index < -0.39 is 5.82 Å². The van der Waals surface area contributed by atoms with E-state index in [1.165, 1.54) is 6.07 Å². The van der Waals surface area contributed by atoms with Gasteiger partial charge in [0.05, 0.1) is 30.9 Å². The van der Waals surface area contributed by atoms with Crippen LogP contribution in [-0.4, -0.2) is 48.4 Å².